The van der Waals surface area contributed by atoms with Crippen LogP contribution < -0.4 is 20.7 Å². The van der Waals surface area contributed by atoms with Gasteiger partial charge in [0.1, 0.15) is 0 Å². The fourth-order valence-corrected chi connectivity index (χ4v) is 11.9. The summed E-state index contributed by atoms with van der Waals surface area (Å²) in [6.45, 7) is 27.9. The van der Waals surface area contributed by atoms with Gasteiger partial charge in [0.05, 0.1) is 0 Å². The van der Waals surface area contributed by atoms with Crippen molar-refractivity contribution in [2.45, 2.75) is 111 Å². The zero-order valence-corrected chi connectivity index (χ0v) is 43.4. The average Bonchev–Trinajstić information content (AvgIpc) is 3.57. The van der Waals surface area contributed by atoms with Gasteiger partial charge in [-0.25, -0.2) is 0 Å². The van der Waals surface area contributed by atoms with Crippen molar-refractivity contribution in [3.63, 3.8) is 0 Å². The van der Waals surface area contributed by atoms with Gasteiger partial charge in [-0.15, -0.1) is 0 Å². The zero-order chi connectivity index (χ0) is 49.1. The van der Waals surface area contributed by atoms with E-state index in [1.807, 2.05) is 0 Å². The molecule has 8 aromatic carbocycles. The predicted molar refractivity (Wildman–Crippen MR) is 301 cm³/mol. The second-order valence-corrected chi connectivity index (χ2v) is 24.0. The second kappa shape index (κ2) is 16.4. The van der Waals surface area contributed by atoms with E-state index in [0.717, 1.165) is 5.69 Å². The fourth-order valence-electron chi connectivity index (χ4n) is 11.9. The molecule has 0 bridgehead atoms. The van der Waals surface area contributed by atoms with E-state index < -0.39 is 0 Å². The molecule has 0 atom stereocenters. The summed E-state index contributed by atoms with van der Waals surface area (Å²) in [4.78, 5) is 5.20. The van der Waals surface area contributed by atoms with Crippen molar-refractivity contribution in [1.82, 2.24) is 0 Å². The Labute approximate surface area is 418 Å². The van der Waals surface area contributed by atoms with Crippen molar-refractivity contribution in [3.8, 4) is 11.1 Å². The summed E-state index contributed by atoms with van der Waals surface area (Å²) in [5.41, 5.74) is 25.8. The molecule has 1 aliphatic carbocycles. The van der Waals surface area contributed by atoms with Crippen LogP contribution >= 0.6 is 0 Å². The SMILES string of the molecule is Cc1cc2c3c(c1)N(c1ccccc1)c1cc(C(c4ccc(C(C)(C)C)cc4)c4ccc(C(C)(C)C)cc4)ccc1B3C1=C(c3ccccc3C1(C)C)N2c1cccc(-c2ccc(C(C)(C)C)cc2)c1. The van der Waals surface area contributed by atoms with Crippen LogP contribution in [0, 0.1) is 6.92 Å². The molecular formula is C67H67BN2. The second-order valence-electron chi connectivity index (χ2n) is 24.0. The molecular weight excluding hydrogens is 844 g/mol. The van der Waals surface area contributed by atoms with E-state index in [-0.39, 0.29) is 34.3 Å². The normalized spacial score (nSPS) is 15.0. The molecule has 3 heteroatoms. The molecule has 8 aromatic rings. The molecule has 2 nitrogen and oxygen atoms in total. The lowest BCUT2D eigenvalue weighted by molar-refractivity contribution is 0.589. The highest BCUT2D eigenvalue weighted by Gasteiger charge is 2.53. The highest BCUT2D eigenvalue weighted by molar-refractivity contribution is 6.96. The number of nitrogens with zero attached hydrogens (tertiary/aromatic N) is 2. The molecule has 0 aromatic heterocycles. The van der Waals surface area contributed by atoms with Crippen molar-refractivity contribution in [3.05, 3.63) is 238 Å². The van der Waals surface area contributed by atoms with E-state index in [1.54, 1.807) is 0 Å². The minimum Gasteiger partial charge on any atom is -0.311 e. The Morgan fingerprint density at radius 1 is 0.443 bits per heavy atom. The van der Waals surface area contributed by atoms with Crippen LogP contribution in [0.2, 0.25) is 0 Å². The molecule has 0 radical (unpaired) electrons. The summed E-state index contributed by atoms with van der Waals surface area (Å²) < 4.78 is 0. The van der Waals surface area contributed by atoms with Crippen molar-refractivity contribution in [2.24, 2.45) is 0 Å². The molecule has 348 valence electrons. The molecule has 0 unspecified atom stereocenters. The number of fused-ring (bicyclic) bond motifs is 5. The summed E-state index contributed by atoms with van der Waals surface area (Å²) in [6.07, 6.45) is 0. The van der Waals surface area contributed by atoms with E-state index in [9.17, 15) is 0 Å². The zero-order valence-electron chi connectivity index (χ0n) is 43.4. The Morgan fingerprint density at radius 2 is 0.957 bits per heavy atom. The number of benzene rings is 8. The smallest absolute Gasteiger partial charge is 0.248 e. The number of aryl methyl sites for hydroxylation is 1. The maximum Gasteiger partial charge on any atom is 0.248 e. The minimum atomic E-state index is -0.258. The van der Waals surface area contributed by atoms with Crippen LogP contribution in [0.1, 0.15) is 132 Å². The number of para-hydroxylation sites is 1. The monoisotopic (exact) mass is 911 g/mol. The quantitative estimate of drug-likeness (QED) is 0.121. The number of hydrogen-bond donors (Lipinski definition) is 0. The molecule has 2 aliphatic heterocycles. The number of hydrogen-bond acceptors (Lipinski definition) is 2. The Balaban J connectivity index is 1.16. The highest BCUT2D eigenvalue weighted by Crippen LogP contribution is 2.56. The van der Waals surface area contributed by atoms with Gasteiger partial charge < -0.3 is 9.80 Å². The third kappa shape index (κ3) is 7.56. The van der Waals surface area contributed by atoms with Gasteiger partial charge in [0, 0.05) is 51.0 Å². The van der Waals surface area contributed by atoms with Crippen LogP contribution in [0.25, 0.3) is 16.8 Å². The van der Waals surface area contributed by atoms with Crippen LogP contribution in [-0.4, -0.2) is 6.71 Å². The highest BCUT2D eigenvalue weighted by atomic mass is 15.2. The summed E-state index contributed by atoms with van der Waals surface area (Å²) in [6, 6.07) is 70.1. The lowest BCUT2D eigenvalue weighted by atomic mass is 9.30. The first-order valence-electron chi connectivity index (χ1n) is 25.5. The van der Waals surface area contributed by atoms with Gasteiger partial charge in [-0.05, 0) is 132 Å². The van der Waals surface area contributed by atoms with Gasteiger partial charge in [0.15, 0.2) is 0 Å². The summed E-state index contributed by atoms with van der Waals surface area (Å²) in [5, 5.41) is 0. The van der Waals surface area contributed by atoms with Crippen LogP contribution in [0.5, 0.6) is 0 Å². The predicted octanol–water partition coefficient (Wildman–Crippen LogP) is 16.5. The Kier molecular flexibility index (Phi) is 10.7. The standard InChI is InChI=1S/C67H67BN2/c1-43-39-58-61-59(40-43)70(53-22-18-19-47(41-53)44-25-32-49(33-26-44)64(2,3)4)62-54-23-16-17-24-55(54)67(11,12)63(62)68(61)56-38-31-48(42-57(56)69(58)52-20-14-13-15-21-52)60(45-27-34-50(35-28-45)65(5,6)7)46-29-36-51(37-30-46)66(8,9)10/h13-42,60H,1-12H3. The summed E-state index contributed by atoms with van der Waals surface area (Å²) >= 11 is 0. The Bertz CT molecular complexity index is 3280. The fraction of sp³-hybridized carbons (Fsp3) is 0.254. The molecule has 11 rings (SSSR count). The van der Waals surface area contributed by atoms with Gasteiger partial charge >= 0.3 is 0 Å². The molecule has 0 amide bonds. The first kappa shape index (κ1) is 45.6. The largest absolute Gasteiger partial charge is 0.311 e. The lowest BCUT2D eigenvalue weighted by Crippen LogP contribution is -2.57. The van der Waals surface area contributed by atoms with Crippen molar-refractivity contribution < 1.29 is 0 Å². The van der Waals surface area contributed by atoms with Crippen LogP contribution in [0.15, 0.2) is 187 Å². The molecule has 0 fully saturated rings. The van der Waals surface area contributed by atoms with Crippen molar-refractivity contribution in [1.29, 1.82) is 0 Å². The first-order valence-corrected chi connectivity index (χ1v) is 25.5. The van der Waals surface area contributed by atoms with Crippen molar-refractivity contribution >= 4 is 51.8 Å². The molecule has 0 saturated heterocycles. The Morgan fingerprint density at radius 3 is 1.54 bits per heavy atom. The molecule has 70 heavy (non-hydrogen) atoms. The summed E-state index contributed by atoms with van der Waals surface area (Å²) in [5.74, 6) is 0.0289. The molecule has 0 spiro atoms. The summed E-state index contributed by atoms with van der Waals surface area (Å²) in [7, 11) is 0. The maximum atomic E-state index is 2.62. The topological polar surface area (TPSA) is 6.48 Å². The van der Waals surface area contributed by atoms with Crippen LogP contribution in [-0.2, 0) is 21.7 Å². The van der Waals surface area contributed by atoms with E-state index in [2.05, 4.69) is 275 Å². The van der Waals surface area contributed by atoms with Gasteiger partial charge in [-0.1, -0.05) is 221 Å². The third-order valence-electron chi connectivity index (χ3n) is 15.7. The maximum absolute atomic E-state index is 2.62. The van der Waals surface area contributed by atoms with Gasteiger partial charge in [-0.3, -0.25) is 0 Å². The van der Waals surface area contributed by atoms with Crippen LogP contribution in [0.4, 0.5) is 28.4 Å². The van der Waals surface area contributed by atoms with Crippen LogP contribution in [0.3, 0.4) is 0 Å². The molecule has 2 heterocycles. The van der Waals surface area contributed by atoms with E-state index >= 15 is 0 Å². The van der Waals surface area contributed by atoms with E-state index in [0.29, 0.717) is 0 Å². The first-order chi connectivity index (χ1) is 33.3. The molecule has 3 aliphatic rings. The molecule has 0 N–H and O–H groups in total. The number of rotatable bonds is 6. The third-order valence-corrected chi connectivity index (χ3v) is 15.7. The van der Waals surface area contributed by atoms with Gasteiger partial charge in [-0.2, -0.15) is 0 Å². The van der Waals surface area contributed by atoms with E-state index in [1.165, 1.54) is 106 Å². The van der Waals surface area contributed by atoms with Gasteiger partial charge in [0.25, 0.3) is 0 Å². The minimum absolute atomic E-state index is 0.0203. The Hall–Kier alpha value is -6.84. The van der Waals surface area contributed by atoms with E-state index in [4.69, 9.17) is 0 Å². The lowest BCUT2D eigenvalue weighted by Gasteiger charge is -2.46. The number of allylic oxidation sites excluding steroid dienone is 1. The molecule has 0 saturated carbocycles. The van der Waals surface area contributed by atoms with Crippen molar-refractivity contribution in [2.75, 3.05) is 9.80 Å². The van der Waals surface area contributed by atoms with Gasteiger partial charge in [0.2, 0.25) is 6.71 Å². The number of anilines is 5. The average molecular weight is 911 g/mol.